The predicted molar refractivity (Wildman–Crippen MR) is 113 cm³/mol. The zero-order valence-electron chi connectivity index (χ0n) is 15.9. The van der Waals surface area contributed by atoms with Crippen LogP contribution in [0.15, 0.2) is 78.9 Å². The van der Waals surface area contributed by atoms with Gasteiger partial charge in [-0.2, -0.15) is 0 Å². The Morgan fingerprint density at radius 3 is 2.41 bits per heavy atom. The normalized spacial score (nSPS) is 11.7. The van der Waals surface area contributed by atoms with Crippen molar-refractivity contribution in [3.05, 3.63) is 90.3 Å². The summed E-state index contributed by atoms with van der Waals surface area (Å²) in [4.78, 5) is 0. The van der Waals surface area contributed by atoms with E-state index in [1.54, 1.807) is 6.07 Å². The van der Waals surface area contributed by atoms with Crippen LogP contribution in [0.4, 0.5) is 4.39 Å². The van der Waals surface area contributed by atoms with E-state index in [1.165, 1.54) is 5.56 Å². The molecule has 3 aromatic rings. The number of ether oxygens (including phenoxy) is 1. The lowest BCUT2D eigenvalue weighted by Gasteiger charge is -2.10. The second kappa shape index (κ2) is 9.18. The Morgan fingerprint density at radius 2 is 1.67 bits per heavy atom. The highest BCUT2D eigenvalue weighted by atomic mass is 19.1. The van der Waals surface area contributed by atoms with Crippen LogP contribution in [0.1, 0.15) is 25.8 Å². The molecule has 3 aromatic carbocycles. The van der Waals surface area contributed by atoms with Crippen molar-refractivity contribution in [1.82, 2.24) is 0 Å². The lowest BCUT2D eigenvalue weighted by atomic mass is 9.98. The van der Waals surface area contributed by atoms with Gasteiger partial charge in [0.2, 0.25) is 0 Å². The minimum Gasteiger partial charge on any atom is -0.490 e. The number of fused-ring (bicyclic) bond motifs is 1. The highest BCUT2D eigenvalue weighted by Gasteiger charge is 2.10. The van der Waals surface area contributed by atoms with Crippen molar-refractivity contribution in [3.63, 3.8) is 0 Å². The molecular weight excluding hydrogens is 335 g/mol. The molecule has 0 aliphatic rings. The quantitative estimate of drug-likeness (QED) is 0.408. The average molecular weight is 360 g/mol. The van der Waals surface area contributed by atoms with Gasteiger partial charge in [0.25, 0.3) is 0 Å². The van der Waals surface area contributed by atoms with E-state index in [9.17, 15) is 0 Å². The van der Waals surface area contributed by atoms with E-state index in [4.69, 9.17) is 4.74 Å². The monoisotopic (exact) mass is 360 g/mol. The third-order valence-electron chi connectivity index (χ3n) is 4.61. The van der Waals surface area contributed by atoms with Gasteiger partial charge < -0.3 is 4.74 Å². The van der Waals surface area contributed by atoms with Gasteiger partial charge in [-0.05, 0) is 61.4 Å². The molecule has 0 atom stereocenters. The molecular formula is C25H25FO. The van der Waals surface area contributed by atoms with Crippen molar-refractivity contribution in [2.24, 2.45) is 0 Å². The van der Waals surface area contributed by atoms with Crippen LogP contribution in [0, 0.1) is 5.82 Å². The van der Waals surface area contributed by atoms with Crippen molar-refractivity contribution in [3.8, 4) is 16.9 Å². The smallest absolute Gasteiger partial charge is 0.138 e. The van der Waals surface area contributed by atoms with Crippen LogP contribution in [0.2, 0.25) is 0 Å². The first-order valence-corrected chi connectivity index (χ1v) is 9.39. The molecule has 0 N–H and O–H groups in total. The minimum atomic E-state index is -0.186. The maximum Gasteiger partial charge on any atom is 0.138 e. The Bertz CT molecular complexity index is 952. The molecule has 138 valence electrons. The van der Waals surface area contributed by atoms with Crippen molar-refractivity contribution >= 4 is 10.8 Å². The summed E-state index contributed by atoms with van der Waals surface area (Å²) >= 11 is 0. The van der Waals surface area contributed by atoms with E-state index < -0.39 is 0 Å². The number of hydrogen-bond donors (Lipinski definition) is 0. The van der Waals surface area contributed by atoms with Gasteiger partial charge in [-0.15, -0.1) is 0 Å². The van der Waals surface area contributed by atoms with Gasteiger partial charge >= 0.3 is 0 Å². The van der Waals surface area contributed by atoms with Crippen molar-refractivity contribution < 1.29 is 9.13 Å². The lowest BCUT2D eigenvalue weighted by Crippen LogP contribution is -1.94. The largest absolute Gasteiger partial charge is 0.490 e. The fourth-order valence-electron chi connectivity index (χ4n) is 3.09. The molecule has 0 unspecified atom stereocenters. The second-order valence-corrected chi connectivity index (χ2v) is 6.49. The van der Waals surface area contributed by atoms with Gasteiger partial charge in [0.05, 0.1) is 0 Å². The van der Waals surface area contributed by atoms with E-state index in [1.807, 2.05) is 62.4 Å². The van der Waals surface area contributed by atoms with Crippen LogP contribution in [-0.4, -0.2) is 6.61 Å². The van der Waals surface area contributed by atoms with Gasteiger partial charge in [-0.1, -0.05) is 60.7 Å². The zero-order valence-corrected chi connectivity index (χ0v) is 15.9. The maximum absolute atomic E-state index is 15.1. The molecule has 1 nitrogen and oxygen atoms in total. The van der Waals surface area contributed by atoms with Crippen LogP contribution in [-0.2, 0) is 6.42 Å². The fourth-order valence-corrected chi connectivity index (χ4v) is 3.09. The molecule has 0 saturated carbocycles. The summed E-state index contributed by atoms with van der Waals surface area (Å²) in [5, 5.41) is 1.46. The highest BCUT2D eigenvalue weighted by Crippen LogP contribution is 2.31. The number of benzene rings is 3. The van der Waals surface area contributed by atoms with Crippen LogP contribution in [0.5, 0.6) is 5.75 Å². The second-order valence-electron chi connectivity index (χ2n) is 6.49. The Hall–Kier alpha value is -2.87. The van der Waals surface area contributed by atoms with Crippen LogP contribution in [0.3, 0.4) is 0 Å². The van der Waals surface area contributed by atoms with Crippen LogP contribution >= 0.6 is 0 Å². The molecule has 0 heterocycles. The summed E-state index contributed by atoms with van der Waals surface area (Å²) < 4.78 is 20.7. The first-order valence-electron chi connectivity index (χ1n) is 9.39. The molecule has 27 heavy (non-hydrogen) atoms. The number of allylic oxidation sites excluding steroid dienone is 3. The molecule has 0 fully saturated rings. The Balaban J connectivity index is 1.84. The predicted octanol–water partition coefficient (Wildman–Crippen LogP) is 7.11. The van der Waals surface area contributed by atoms with Crippen molar-refractivity contribution in [2.75, 3.05) is 6.61 Å². The van der Waals surface area contributed by atoms with E-state index in [0.29, 0.717) is 17.6 Å². The molecule has 0 aliphatic carbocycles. The van der Waals surface area contributed by atoms with Gasteiger partial charge in [-0.25, -0.2) is 4.39 Å². The molecule has 3 rings (SSSR count). The average Bonchev–Trinajstić information content (AvgIpc) is 2.69. The fraction of sp³-hybridized carbons (Fsp3) is 0.200. The van der Waals surface area contributed by atoms with Gasteiger partial charge in [0, 0.05) is 10.9 Å². The molecule has 0 bridgehead atoms. The Kier molecular flexibility index (Phi) is 6.43. The summed E-state index contributed by atoms with van der Waals surface area (Å²) in [7, 11) is 0. The number of rotatable bonds is 7. The van der Waals surface area contributed by atoms with Gasteiger partial charge in [0.1, 0.15) is 18.2 Å². The van der Waals surface area contributed by atoms with Crippen LogP contribution < -0.4 is 4.74 Å². The standard InChI is InChI=1S/C25H25FO/c1-3-5-7-8-19-9-11-20(12-10-19)23-15-13-21-18-22(27-17-6-4-2)14-16-24(21)25(23)26/h3-6,9-16,18H,7-8,17H2,1-2H3/b5-3+,6-4?. The zero-order chi connectivity index (χ0) is 19.1. The maximum atomic E-state index is 15.1. The Labute approximate surface area is 160 Å². The molecule has 0 aromatic heterocycles. The van der Waals surface area contributed by atoms with Gasteiger partial charge in [0.15, 0.2) is 0 Å². The SMILES string of the molecule is CC=CCOc1ccc2c(F)c(-c3ccc(CC/C=C/C)cc3)ccc2c1. The molecule has 0 spiro atoms. The van der Waals surface area contributed by atoms with Crippen LogP contribution in [0.25, 0.3) is 21.9 Å². The first-order chi connectivity index (χ1) is 13.2. The molecule has 0 amide bonds. The van der Waals surface area contributed by atoms with E-state index in [2.05, 4.69) is 24.3 Å². The first kappa shape index (κ1) is 18.9. The molecule has 0 radical (unpaired) electrons. The Morgan fingerprint density at radius 1 is 0.889 bits per heavy atom. The third kappa shape index (κ3) is 4.65. The topological polar surface area (TPSA) is 9.23 Å². The number of hydrogen-bond acceptors (Lipinski definition) is 1. The van der Waals surface area contributed by atoms with E-state index in [-0.39, 0.29) is 5.82 Å². The number of halogens is 1. The highest BCUT2D eigenvalue weighted by molar-refractivity contribution is 5.89. The number of aryl methyl sites for hydroxylation is 1. The van der Waals surface area contributed by atoms with E-state index in [0.717, 1.165) is 29.5 Å². The van der Waals surface area contributed by atoms with E-state index >= 15 is 4.39 Å². The molecule has 2 heteroatoms. The third-order valence-corrected chi connectivity index (χ3v) is 4.61. The lowest BCUT2D eigenvalue weighted by molar-refractivity contribution is 0.363. The summed E-state index contributed by atoms with van der Waals surface area (Å²) in [5.74, 6) is 0.562. The summed E-state index contributed by atoms with van der Waals surface area (Å²) in [6, 6.07) is 17.5. The van der Waals surface area contributed by atoms with Gasteiger partial charge in [-0.3, -0.25) is 0 Å². The molecule has 0 saturated heterocycles. The summed E-state index contributed by atoms with van der Waals surface area (Å²) in [5.41, 5.74) is 2.80. The van der Waals surface area contributed by atoms with Crippen molar-refractivity contribution in [1.29, 1.82) is 0 Å². The van der Waals surface area contributed by atoms with Crippen molar-refractivity contribution in [2.45, 2.75) is 26.7 Å². The minimum absolute atomic E-state index is 0.186. The summed E-state index contributed by atoms with van der Waals surface area (Å²) in [6.07, 6.45) is 10.1. The summed E-state index contributed by atoms with van der Waals surface area (Å²) in [6.45, 7) is 4.50. The molecule has 0 aliphatic heterocycles.